The molecule has 0 saturated carbocycles. The van der Waals surface area contributed by atoms with E-state index < -0.39 is 0 Å². The molecule has 0 aliphatic heterocycles. The minimum atomic E-state index is 0.250. The Bertz CT molecular complexity index is 555. The predicted molar refractivity (Wildman–Crippen MR) is 75.7 cm³/mol. The highest BCUT2D eigenvalue weighted by Crippen LogP contribution is 2.30. The van der Waals surface area contributed by atoms with Crippen LogP contribution < -0.4 is 11.6 Å². The molecule has 0 aliphatic rings. The molecule has 0 radical (unpaired) electrons. The van der Waals surface area contributed by atoms with Gasteiger partial charge in [-0.15, -0.1) is 0 Å². The normalized spacial score (nSPS) is 11.1. The van der Waals surface area contributed by atoms with Crippen molar-refractivity contribution in [3.8, 4) is 11.3 Å². The van der Waals surface area contributed by atoms with Crippen molar-refractivity contribution < 1.29 is 0 Å². The number of nitrogens with zero attached hydrogens (tertiary/aromatic N) is 2. The Morgan fingerprint density at radius 2 is 1.94 bits per heavy atom. The van der Waals surface area contributed by atoms with Crippen molar-refractivity contribution in [3.63, 3.8) is 0 Å². The zero-order valence-corrected chi connectivity index (χ0v) is 11.1. The molecule has 0 unspecified atom stereocenters. The molecule has 4 heteroatoms. The average molecular weight is 244 g/mol. The van der Waals surface area contributed by atoms with E-state index in [0.29, 0.717) is 5.82 Å². The maximum Gasteiger partial charge on any atom is 0.150 e. The van der Waals surface area contributed by atoms with Gasteiger partial charge in [-0.3, -0.25) is 0 Å². The van der Waals surface area contributed by atoms with Gasteiger partial charge < -0.3 is 11.6 Å². The van der Waals surface area contributed by atoms with E-state index in [1.807, 2.05) is 18.2 Å². The van der Waals surface area contributed by atoms with E-state index >= 15 is 0 Å². The first-order valence-electron chi connectivity index (χ1n) is 6.27. The summed E-state index contributed by atoms with van der Waals surface area (Å²) in [6, 6.07) is 8.17. The number of aromatic nitrogens is 2. The van der Waals surface area contributed by atoms with Crippen LogP contribution >= 0.6 is 0 Å². The molecule has 96 valence electrons. The van der Waals surface area contributed by atoms with Crippen LogP contribution in [0.5, 0.6) is 0 Å². The Morgan fingerprint density at radius 3 is 2.50 bits per heavy atom. The Labute approximate surface area is 108 Å². The summed E-state index contributed by atoms with van der Waals surface area (Å²) in [6.45, 7) is 6.24. The van der Waals surface area contributed by atoms with Gasteiger partial charge in [0.05, 0.1) is 0 Å². The molecule has 1 heterocycles. The van der Waals surface area contributed by atoms with Gasteiger partial charge in [-0.25, -0.2) is 9.66 Å². The van der Waals surface area contributed by atoms with Crippen LogP contribution in [-0.4, -0.2) is 9.66 Å². The maximum atomic E-state index is 6.07. The van der Waals surface area contributed by atoms with Crippen molar-refractivity contribution in [2.45, 2.75) is 33.1 Å². The summed E-state index contributed by atoms with van der Waals surface area (Å²) in [6.07, 6.45) is 0.948. The van der Waals surface area contributed by atoms with E-state index in [4.69, 9.17) is 11.6 Å². The fourth-order valence-corrected chi connectivity index (χ4v) is 2.13. The predicted octanol–water partition coefficient (Wildman–Crippen LogP) is 2.53. The van der Waals surface area contributed by atoms with Crippen LogP contribution in [0.2, 0.25) is 0 Å². The van der Waals surface area contributed by atoms with Crippen molar-refractivity contribution in [2.75, 3.05) is 11.6 Å². The number of imidazole rings is 1. The Morgan fingerprint density at radius 1 is 1.28 bits per heavy atom. The van der Waals surface area contributed by atoms with Crippen LogP contribution in [0.25, 0.3) is 11.3 Å². The minimum absolute atomic E-state index is 0.250. The SMILES string of the molecule is CCc1ccccc1-c1nc(C(C)C)n(N)c1N. The van der Waals surface area contributed by atoms with Crippen molar-refractivity contribution >= 4 is 5.82 Å². The number of rotatable bonds is 3. The van der Waals surface area contributed by atoms with Crippen LogP contribution in [0.3, 0.4) is 0 Å². The van der Waals surface area contributed by atoms with E-state index in [2.05, 4.69) is 31.8 Å². The van der Waals surface area contributed by atoms with Gasteiger partial charge in [0, 0.05) is 11.5 Å². The largest absolute Gasteiger partial charge is 0.382 e. The summed E-state index contributed by atoms with van der Waals surface area (Å²) in [4.78, 5) is 4.60. The third kappa shape index (κ3) is 1.94. The number of benzene rings is 1. The second kappa shape index (κ2) is 4.72. The van der Waals surface area contributed by atoms with Crippen molar-refractivity contribution in [1.82, 2.24) is 9.66 Å². The highest BCUT2D eigenvalue weighted by Gasteiger charge is 2.18. The molecule has 0 fully saturated rings. The van der Waals surface area contributed by atoms with Gasteiger partial charge in [0.2, 0.25) is 0 Å². The van der Waals surface area contributed by atoms with Crippen LogP contribution in [0.4, 0.5) is 5.82 Å². The fraction of sp³-hybridized carbons (Fsp3) is 0.357. The van der Waals surface area contributed by atoms with Gasteiger partial charge in [-0.05, 0) is 12.0 Å². The van der Waals surface area contributed by atoms with Crippen molar-refractivity contribution in [3.05, 3.63) is 35.7 Å². The Kier molecular flexibility index (Phi) is 3.28. The Hall–Kier alpha value is -1.97. The molecule has 0 atom stereocenters. The molecule has 0 spiro atoms. The van der Waals surface area contributed by atoms with Crippen LogP contribution in [-0.2, 0) is 6.42 Å². The maximum absolute atomic E-state index is 6.07. The molecule has 2 aromatic rings. The summed E-state index contributed by atoms with van der Waals surface area (Å²) in [7, 11) is 0. The number of hydrogen-bond donors (Lipinski definition) is 2. The molecule has 2 rings (SSSR count). The highest BCUT2D eigenvalue weighted by atomic mass is 15.4. The lowest BCUT2D eigenvalue weighted by atomic mass is 10.0. The topological polar surface area (TPSA) is 69.9 Å². The van der Waals surface area contributed by atoms with Gasteiger partial charge in [0.1, 0.15) is 11.5 Å². The molecule has 0 aliphatic carbocycles. The van der Waals surface area contributed by atoms with Crippen molar-refractivity contribution in [2.24, 2.45) is 0 Å². The standard InChI is InChI=1S/C14H20N4/c1-4-10-7-5-6-8-11(10)12-13(15)18(16)14(17-12)9(2)3/h5-9H,4,15-16H2,1-3H3. The van der Waals surface area contributed by atoms with E-state index in [0.717, 1.165) is 23.5 Å². The van der Waals surface area contributed by atoms with Gasteiger partial charge in [0.15, 0.2) is 5.82 Å². The van der Waals surface area contributed by atoms with E-state index in [9.17, 15) is 0 Å². The first kappa shape index (κ1) is 12.5. The number of nitrogens with two attached hydrogens (primary N) is 2. The second-order valence-corrected chi connectivity index (χ2v) is 4.74. The molecular formula is C14H20N4. The van der Waals surface area contributed by atoms with Crippen LogP contribution in [0, 0.1) is 0 Å². The molecule has 1 aromatic heterocycles. The molecule has 4 N–H and O–H groups in total. The van der Waals surface area contributed by atoms with Gasteiger partial charge in [-0.2, -0.15) is 0 Å². The lowest BCUT2D eigenvalue weighted by Crippen LogP contribution is -2.16. The van der Waals surface area contributed by atoms with E-state index in [1.54, 1.807) is 0 Å². The summed E-state index contributed by atoms with van der Waals surface area (Å²) >= 11 is 0. The molecular weight excluding hydrogens is 224 g/mol. The smallest absolute Gasteiger partial charge is 0.150 e. The van der Waals surface area contributed by atoms with Gasteiger partial charge in [-0.1, -0.05) is 45.0 Å². The number of hydrogen-bond acceptors (Lipinski definition) is 3. The molecule has 0 saturated heterocycles. The molecule has 0 amide bonds. The summed E-state index contributed by atoms with van der Waals surface area (Å²) in [5, 5.41) is 0. The molecule has 4 nitrogen and oxygen atoms in total. The minimum Gasteiger partial charge on any atom is -0.382 e. The van der Waals surface area contributed by atoms with Crippen molar-refractivity contribution in [1.29, 1.82) is 0 Å². The summed E-state index contributed by atoms with van der Waals surface area (Å²) in [5.41, 5.74) is 9.17. The average Bonchev–Trinajstić information content (AvgIpc) is 2.66. The summed E-state index contributed by atoms with van der Waals surface area (Å²) in [5.74, 6) is 7.55. The summed E-state index contributed by atoms with van der Waals surface area (Å²) < 4.78 is 1.49. The first-order valence-corrected chi connectivity index (χ1v) is 6.27. The quantitative estimate of drug-likeness (QED) is 0.815. The number of anilines is 1. The van der Waals surface area contributed by atoms with Crippen LogP contribution in [0.15, 0.2) is 24.3 Å². The first-order chi connectivity index (χ1) is 8.56. The number of aryl methyl sites for hydroxylation is 1. The zero-order valence-electron chi connectivity index (χ0n) is 11.1. The zero-order chi connectivity index (χ0) is 13.3. The fourth-order valence-electron chi connectivity index (χ4n) is 2.13. The lowest BCUT2D eigenvalue weighted by Gasteiger charge is -2.06. The van der Waals surface area contributed by atoms with Gasteiger partial charge >= 0.3 is 0 Å². The van der Waals surface area contributed by atoms with Gasteiger partial charge in [0.25, 0.3) is 0 Å². The van der Waals surface area contributed by atoms with E-state index in [-0.39, 0.29) is 5.92 Å². The second-order valence-electron chi connectivity index (χ2n) is 4.74. The lowest BCUT2D eigenvalue weighted by molar-refractivity contribution is 0.739. The monoisotopic (exact) mass is 244 g/mol. The molecule has 18 heavy (non-hydrogen) atoms. The molecule has 0 bridgehead atoms. The Balaban J connectivity index is 2.61. The highest BCUT2D eigenvalue weighted by molar-refractivity contribution is 5.74. The molecule has 1 aromatic carbocycles. The third-order valence-corrected chi connectivity index (χ3v) is 3.15. The van der Waals surface area contributed by atoms with Crippen LogP contribution in [0.1, 0.15) is 38.1 Å². The van der Waals surface area contributed by atoms with E-state index in [1.165, 1.54) is 10.2 Å². The number of nitrogen functional groups attached to an aromatic ring is 2. The third-order valence-electron chi connectivity index (χ3n) is 3.15.